The Bertz CT molecular complexity index is 711. The van der Waals surface area contributed by atoms with Crippen LogP contribution in [-0.4, -0.2) is 33.5 Å². The average Bonchev–Trinajstić information content (AvgIpc) is 2.60. The first-order valence-corrected chi connectivity index (χ1v) is 7.57. The van der Waals surface area contributed by atoms with Crippen molar-refractivity contribution in [3.63, 3.8) is 0 Å². The third-order valence-electron chi connectivity index (χ3n) is 3.52. The van der Waals surface area contributed by atoms with Crippen molar-refractivity contribution in [3.8, 4) is 0 Å². The van der Waals surface area contributed by atoms with Crippen molar-refractivity contribution in [2.75, 3.05) is 6.54 Å². The first-order chi connectivity index (χ1) is 11.6. The lowest BCUT2D eigenvalue weighted by molar-refractivity contribution is -0.136. The molecule has 5 nitrogen and oxygen atoms in total. The highest BCUT2D eigenvalue weighted by Gasteiger charge is 2.15. The standard InChI is InChI=1S/C19H19NO4/c21-17(19(23)24)13-18(22)20(14-16-9-5-2-6-10-16)12-11-15-7-3-1-4-8-15/h1-10,13,21H,11-12,14H2,(H,23,24). The second kappa shape index (κ2) is 8.53. The minimum Gasteiger partial charge on any atom is -0.502 e. The van der Waals surface area contributed by atoms with Crippen molar-refractivity contribution in [1.82, 2.24) is 4.90 Å². The molecule has 2 N–H and O–H groups in total. The molecule has 1 amide bonds. The maximum atomic E-state index is 12.3. The molecule has 0 aromatic heterocycles. The molecular weight excluding hydrogens is 306 g/mol. The normalized spacial score (nSPS) is 11.1. The summed E-state index contributed by atoms with van der Waals surface area (Å²) >= 11 is 0. The maximum absolute atomic E-state index is 12.3. The number of hydrogen-bond donors (Lipinski definition) is 2. The summed E-state index contributed by atoms with van der Waals surface area (Å²) in [6.07, 6.45) is 1.39. The molecule has 124 valence electrons. The number of carbonyl (C=O) groups is 2. The van der Waals surface area contributed by atoms with Crippen LogP contribution >= 0.6 is 0 Å². The van der Waals surface area contributed by atoms with Crippen molar-refractivity contribution in [1.29, 1.82) is 0 Å². The van der Waals surface area contributed by atoms with Gasteiger partial charge in [-0.3, -0.25) is 4.79 Å². The Balaban J connectivity index is 2.12. The monoisotopic (exact) mass is 325 g/mol. The topological polar surface area (TPSA) is 77.8 Å². The number of aliphatic carboxylic acids is 1. The van der Waals surface area contributed by atoms with E-state index in [9.17, 15) is 14.7 Å². The number of nitrogens with zero attached hydrogens (tertiary/aromatic N) is 1. The van der Waals surface area contributed by atoms with Gasteiger partial charge in [-0.05, 0) is 17.5 Å². The molecule has 0 spiro atoms. The Hall–Kier alpha value is -3.08. The number of amides is 1. The Labute approximate surface area is 140 Å². The van der Waals surface area contributed by atoms with E-state index in [-0.39, 0.29) is 0 Å². The third kappa shape index (κ3) is 5.28. The van der Waals surface area contributed by atoms with E-state index in [0.29, 0.717) is 19.5 Å². The molecule has 0 bridgehead atoms. The van der Waals surface area contributed by atoms with E-state index in [4.69, 9.17) is 5.11 Å². The van der Waals surface area contributed by atoms with Gasteiger partial charge in [0.25, 0.3) is 5.91 Å². The van der Waals surface area contributed by atoms with Crippen LogP contribution in [0.25, 0.3) is 0 Å². The molecule has 24 heavy (non-hydrogen) atoms. The predicted octanol–water partition coefficient (Wildman–Crippen LogP) is 2.78. The summed E-state index contributed by atoms with van der Waals surface area (Å²) < 4.78 is 0. The van der Waals surface area contributed by atoms with Crippen LogP contribution in [0.5, 0.6) is 0 Å². The molecule has 0 aliphatic heterocycles. The Morgan fingerprint density at radius 2 is 1.42 bits per heavy atom. The van der Waals surface area contributed by atoms with Crippen LogP contribution in [0.2, 0.25) is 0 Å². The summed E-state index contributed by atoms with van der Waals surface area (Å²) in [5.41, 5.74) is 2.01. The van der Waals surface area contributed by atoms with Gasteiger partial charge in [0.2, 0.25) is 5.76 Å². The van der Waals surface area contributed by atoms with Gasteiger partial charge in [-0.2, -0.15) is 0 Å². The van der Waals surface area contributed by atoms with E-state index < -0.39 is 17.6 Å². The average molecular weight is 325 g/mol. The Morgan fingerprint density at radius 1 is 0.875 bits per heavy atom. The highest BCUT2D eigenvalue weighted by molar-refractivity contribution is 5.96. The van der Waals surface area contributed by atoms with Gasteiger partial charge in [-0.15, -0.1) is 0 Å². The van der Waals surface area contributed by atoms with Crippen LogP contribution in [0, 0.1) is 0 Å². The molecule has 0 aliphatic rings. The van der Waals surface area contributed by atoms with Gasteiger partial charge in [0.15, 0.2) is 0 Å². The quantitative estimate of drug-likeness (QED) is 0.606. The third-order valence-corrected chi connectivity index (χ3v) is 3.52. The van der Waals surface area contributed by atoms with Crippen molar-refractivity contribution < 1.29 is 19.8 Å². The highest BCUT2D eigenvalue weighted by Crippen LogP contribution is 2.09. The molecule has 2 aromatic carbocycles. The lowest BCUT2D eigenvalue weighted by Gasteiger charge is -2.21. The van der Waals surface area contributed by atoms with E-state index in [1.807, 2.05) is 60.7 Å². The smallest absolute Gasteiger partial charge is 0.371 e. The number of aliphatic hydroxyl groups excluding tert-OH is 1. The van der Waals surface area contributed by atoms with Gasteiger partial charge in [0.05, 0.1) is 6.08 Å². The highest BCUT2D eigenvalue weighted by atomic mass is 16.4. The van der Waals surface area contributed by atoms with E-state index in [2.05, 4.69) is 0 Å². The van der Waals surface area contributed by atoms with Crippen LogP contribution in [0.1, 0.15) is 11.1 Å². The van der Waals surface area contributed by atoms with E-state index in [1.165, 1.54) is 4.90 Å². The van der Waals surface area contributed by atoms with E-state index >= 15 is 0 Å². The number of carboxylic acid groups (broad SMARTS) is 1. The minimum absolute atomic E-state index is 0.343. The first kappa shape index (κ1) is 17.3. The SMILES string of the molecule is O=C(O)C(O)=CC(=O)N(CCc1ccccc1)Cc1ccccc1. The van der Waals surface area contributed by atoms with E-state index in [1.54, 1.807) is 0 Å². The molecule has 0 aliphatic carbocycles. The van der Waals surface area contributed by atoms with Crippen LogP contribution in [0.15, 0.2) is 72.5 Å². The van der Waals surface area contributed by atoms with Gasteiger partial charge < -0.3 is 15.1 Å². The largest absolute Gasteiger partial charge is 0.502 e. The Kier molecular flexibility index (Phi) is 6.14. The van der Waals surface area contributed by atoms with Gasteiger partial charge in [0, 0.05) is 13.1 Å². The van der Waals surface area contributed by atoms with Gasteiger partial charge in [0.1, 0.15) is 0 Å². The number of benzene rings is 2. The van der Waals surface area contributed by atoms with Crippen LogP contribution in [0.3, 0.4) is 0 Å². The molecule has 0 heterocycles. The summed E-state index contributed by atoms with van der Waals surface area (Å²) in [4.78, 5) is 24.5. The number of carbonyl (C=O) groups excluding carboxylic acids is 1. The van der Waals surface area contributed by atoms with Crippen LogP contribution in [0.4, 0.5) is 0 Å². The fourth-order valence-electron chi connectivity index (χ4n) is 2.25. The zero-order valence-electron chi connectivity index (χ0n) is 13.1. The van der Waals surface area contributed by atoms with Crippen molar-refractivity contribution in [2.45, 2.75) is 13.0 Å². The van der Waals surface area contributed by atoms with Crippen LogP contribution < -0.4 is 0 Å². The molecule has 5 heteroatoms. The summed E-state index contributed by atoms with van der Waals surface area (Å²) in [6.45, 7) is 0.761. The lowest BCUT2D eigenvalue weighted by atomic mass is 10.1. The molecule has 0 radical (unpaired) electrons. The summed E-state index contributed by atoms with van der Waals surface area (Å²) in [6, 6.07) is 19.1. The summed E-state index contributed by atoms with van der Waals surface area (Å²) in [7, 11) is 0. The molecular formula is C19H19NO4. The maximum Gasteiger partial charge on any atom is 0.371 e. The number of carboxylic acids is 1. The predicted molar refractivity (Wildman–Crippen MR) is 90.4 cm³/mol. The molecule has 2 rings (SSSR count). The van der Waals surface area contributed by atoms with Gasteiger partial charge in [-0.1, -0.05) is 60.7 Å². The molecule has 0 fully saturated rings. The number of rotatable bonds is 7. The molecule has 0 atom stereocenters. The molecule has 0 saturated heterocycles. The van der Waals surface area contributed by atoms with Gasteiger partial charge >= 0.3 is 5.97 Å². The number of aliphatic hydroxyl groups is 1. The zero-order valence-corrected chi connectivity index (χ0v) is 13.1. The first-order valence-electron chi connectivity index (χ1n) is 7.57. The van der Waals surface area contributed by atoms with Gasteiger partial charge in [-0.25, -0.2) is 4.79 Å². The second-order valence-electron chi connectivity index (χ2n) is 5.32. The zero-order chi connectivity index (χ0) is 17.4. The Morgan fingerprint density at radius 3 is 1.96 bits per heavy atom. The fourth-order valence-corrected chi connectivity index (χ4v) is 2.25. The second-order valence-corrected chi connectivity index (χ2v) is 5.32. The fraction of sp³-hybridized carbons (Fsp3) is 0.158. The van der Waals surface area contributed by atoms with Crippen molar-refractivity contribution in [2.24, 2.45) is 0 Å². The van der Waals surface area contributed by atoms with Crippen molar-refractivity contribution in [3.05, 3.63) is 83.6 Å². The van der Waals surface area contributed by atoms with E-state index in [0.717, 1.165) is 17.2 Å². The number of hydrogen-bond acceptors (Lipinski definition) is 3. The van der Waals surface area contributed by atoms with Crippen LogP contribution in [-0.2, 0) is 22.6 Å². The molecule has 0 saturated carbocycles. The summed E-state index contributed by atoms with van der Waals surface area (Å²) in [5.74, 6) is -3.02. The lowest BCUT2D eigenvalue weighted by Crippen LogP contribution is -2.31. The molecule has 2 aromatic rings. The molecule has 0 unspecified atom stereocenters. The van der Waals surface area contributed by atoms with Crippen molar-refractivity contribution >= 4 is 11.9 Å². The summed E-state index contributed by atoms with van der Waals surface area (Å²) in [5, 5.41) is 18.0. The minimum atomic E-state index is -1.52.